The highest BCUT2D eigenvalue weighted by Crippen LogP contribution is 2.27. The van der Waals surface area contributed by atoms with Gasteiger partial charge in [0.25, 0.3) is 5.91 Å². The van der Waals surface area contributed by atoms with Gasteiger partial charge in [-0.15, -0.1) is 0 Å². The van der Waals surface area contributed by atoms with Crippen molar-refractivity contribution >= 4 is 43.1 Å². The molecule has 0 unspecified atom stereocenters. The topological polar surface area (TPSA) is 91.8 Å². The highest BCUT2D eigenvalue weighted by Gasteiger charge is 2.32. The van der Waals surface area contributed by atoms with Gasteiger partial charge < -0.3 is 4.90 Å². The number of carbonyl (C=O) groups excluding carboxylic acids is 1. The van der Waals surface area contributed by atoms with Crippen LogP contribution in [0.15, 0.2) is 64.9 Å². The fourth-order valence-electron chi connectivity index (χ4n) is 2.90. The summed E-state index contributed by atoms with van der Waals surface area (Å²) < 4.78 is 49.3. The average Bonchev–Trinajstić information content (AvgIpc) is 3.02. The van der Waals surface area contributed by atoms with Crippen LogP contribution < -0.4 is 4.90 Å². The van der Waals surface area contributed by atoms with Gasteiger partial charge in [0.05, 0.1) is 16.7 Å². The van der Waals surface area contributed by atoms with Crippen LogP contribution in [0.2, 0.25) is 5.02 Å². The Morgan fingerprint density at radius 2 is 1.62 bits per heavy atom. The third-order valence-electron chi connectivity index (χ3n) is 4.45. The molecule has 154 valence electrons. The molecule has 0 aliphatic carbocycles. The lowest BCUT2D eigenvalue weighted by Gasteiger charge is -2.28. The zero-order valence-electron chi connectivity index (χ0n) is 15.7. The highest BCUT2D eigenvalue weighted by atomic mass is 35.5. The normalized spacial score (nSPS) is 18.1. The summed E-state index contributed by atoms with van der Waals surface area (Å²) in [5, 5.41) is 1.58. The Kier molecular flexibility index (Phi) is 5.86. The molecule has 0 fully saturated rings. The molecule has 0 radical (unpaired) electrons. The van der Waals surface area contributed by atoms with Crippen molar-refractivity contribution in [1.29, 1.82) is 0 Å². The molecule has 2 aromatic rings. The SMILES string of the molecule is CN(C)S(=O)(=O)c1ccc(C(=O)N(c2ccc(Cl)cc2)[C@H]2C=CS(=O)(=O)C2)cc1. The van der Waals surface area contributed by atoms with Gasteiger partial charge in [0.1, 0.15) is 0 Å². The molecule has 0 bridgehead atoms. The molecule has 0 spiro atoms. The van der Waals surface area contributed by atoms with Gasteiger partial charge in [0.15, 0.2) is 9.84 Å². The maximum Gasteiger partial charge on any atom is 0.258 e. The van der Waals surface area contributed by atoms with Gasteiger partial charge in [-0.1, -0.05) is 11.6 Å². The van der Waals surface area contributed by atoms with Crippen molar-refractivity contribution in [3.8, 4) is 0 Å². The monoisotopic (exact) mass is 454 g/mol. The molecule has 3 rings (SSSR count). The number of amides is 1. The van der Waals surface area contributed by atoms with E-state index in [0.717, 1.165) is 9.71 Å². The Balaban J connectivity index is 1.99. The molecular formula is C19H19ClN2O5S2. The molecule has 10 heteroatoms. The Labute approximate surface area is 175 Å². The highest BCUT2D eigenvalue weighted by molar-refractivity contribution is 7.94. The van der Waals surface area contributed by atoms with Crippen molar-refractivity contribution < 1.29 is 21.6 Å². The second-order valence-corrected chi connectivity index (χ2v) is 11.2. The third kappa shape index (κ3) is 4.53. The van der Waals surface area contributed by atoms with E-state index in [4.69, 9.17) is 11.6 Å². The van der Waals surface area contributed by atoms with Crippen LogP contribution in [0.4, 0.5) is 5.69 Å². The van der Waals surface area contributed by atoms with Gasteiger partial charge in [-0.3, -0.25) is 4.79 Å². The molecule has 29 heavy (non-hydrogen) atoms. The predicted molar refractivity (Wildman–Crippen MR) is 112 cm³/mol. The van der Waals surface area contributed by atoms with Crippen LogP contribution in [0.25, 0.3) is 0 Å². The van der Waals surface area contributed by atoms with E-state index in [0.29, 0.717) is 10.7 Å². The first-order chi connectivity index (χ1) is 13.5. The van der Waals surface area contributed by atoms with Crippen LogP contribution in [0.5, 0.6) is 0 Å². The minimum atomic E-state index is -3.62. The molecule has 0 saturated carbocycles. The summed E-state index contributed by atoms with van der Waals surface area (Å²) in [7, 11) is -4.18. The van der Waals surface area contributed by atoms with Crippen molar-refractivity contribution in [3.63, 3.8) is 0 Å². The average molecular weight is 455 g/mol. The Morgan fingerprint density at radius 3 is 2.10 bits per heavy atom. The maximum absolute atomic E-state index is 13.2. The summed E-state index contributed by atoms with van der Waals surface area (Å²) in [5.74, 6) is -0.679. The van der Waals surface area contributed by atoms with Gasteiger partial charge in [0.2, 0.25) is 10.0 Å². The minimum absolute atomic E-state index is 0.0560. The fourth-order valence-corrected chi connectivity index (χ4v) is 5.20. The zero-order valence-corrected chi connectivity index (χ0v) is 18.1. The van der Waals surface area contributed by atoms with Gasteiger partial charge >= 0.3 is 0 Å². The smallest absolute Gasteiger partial charge is 0.258 e. The molecule has 2 aromatic carbocycles. The van der Waals surface area contributed by atoms with E-state index in [2.05, 4.69) is 0 Å². The molecule has 1 amide bonds. The van der Waals surface area contributed by atoms with Crippen molar-refractivity contribution in [2.75, 3.05) is 24.7 Å². The number of sulfonamides is 1. The lowest BCUT2D eigenvalue weighted by molar-refractivity contribution is 0.0983. The first-order valence-electron chi connectivity index (χ1n) is 8.54. The van der Waals surface area contributed by atoms with Crippen LogP contribution in [0.3, 0.4) is 0 Å². The van der Waals surface area contributed by atoms with E-state index in [1.807, 2.05) is 0 Å². The molecule has 7 nitrogen and oxygen atoms in total. The van der Waals surface area contributed by atoms with Crippen LogP contribution in [-0.4, -0.2) is 52.9 Å². The molecule has 1 atom stereocenters. The largest absolute Gasteiger partial charge is 0.300 e. The summed E-state index contributed by atoms with van der Waals surface area (Å²) >= 11 is 5.93. The number of rotatable bonds is 5. The van der Waals surface area contributed by atoms with Crippen LogP contribution in [0.1, 0.15) is 10.4 Å². The maximum atomic E-state index is 13.2. The van der Waals surface area contributed by atoms with E-state index in [1.165, 1.54) is 49.3 Å². The van der Waals surface area contributed by atoms with Crippen LogP contribution in [0, 0.1) is 0 Å². The first kappa shape index (κ1) is 21.5. The van der Waals surface area contributed by atoms with Crippen LogP contribution >= 0.6 is 11.6 Å². The second kappa shape index (κ2) is 7.91. The molecule has 0 N–H and O–H groups in total. The van der Waals surface area contributed by atoms with E-state index in [-0.39, 0.29) is 16.2 Å². The number of nitrogens with zero attached hydrogens (tertiary/aromatic N) is 2. The lowest BCUT2D eigenvalue weighted by Crippen LogP contribution is -2.41. The van der Waals surface area contributed by atoms with Crippen molar-refractivity contribution in [2.24, 2.45) is 0 Å². The molecule has 1 aliphatic rings. The summed E-state index contributed by atoms with van der Waals surface area (Å²) in [6.07, 6.45) is 1.46. The van der Waals surface area contributed by atoms with E-state index < -0.39 is 31.8 Å². The van der Waals surface area contributed by atoms with Gasteiger partial charge in [-0.25, -0.2) is 21.1 Å². The third-order valence-corrected chi connectivity index (χ3v) is 7.91. The van der Waals surface area contributed by atoms with Crippen molar-refractivity contribution in [2.45, 2.75) is 10.9 Å². The number of anilines is 1. The summed E-state index contributed by atoms with van der Waals surface area (Å²) in [5.41, 5.74) is 0.714. The zero-order chi connectivity index (χ0) is 21.4. The van der Waals surface area contributed by atoms with E-state index in [1.54, 1.807) is 24.3 Å². The number of carbonyl (C=O) groups is 1. The summed E-state index contributed by atoms with van der Waals surface area (Å²) in [4.78, 5) is 14.7. The molecular weight excluding hydrogens is 436 g/mol. The Bertz CT molecular complexity index is 1160. The quantitative estimate of drug-likeness (QED) is 0.692. The fraction of sp³-hybridized carbons (Fsp3) is 0.211. The summed E-state index contributed by atoms with van der Waals surface area (Å²) in [6.45, 7) is 0. The lowest BCUT2D eigenvalue weighted by atomic mass is 10.1. The predicted octanol–water partition coefficient (Wildman–Crippen LogP) is 2.55. The van der Waals surface area contributed by atoms with Crippen molar-refractivity contribution in [1.82, 2.24) is 4.31 Å². The molecule has 1 heterocycles. The van der Waals surface area contributed by atoms with E-state index in [9.17, 15) is 21.6 Å². The minimum Gasteiger partial charge on any atom is -0.300 e. The Morgan fingerprint density at radius 1 is 1.03 bits per heavy atom. The number of hydrogen-bond acceptors (Lipinski definition) is 5. The molecule has 1 aliphatic heterocycles. The molecule has 0 aromatic heterocycles. The number of benzene rings is 2. The molecule has 0 saturated heterocycles. The Hall–Kier alpha value is -2.20. The number of halogens is 1. The second-order valence-electron chi connectivity index (χ2n) is 6.69. The summed E-state index contributed by atoms with van der Waals surface area (Å²) in [6, 6.07) is 11.3. The van der Waals surface area contributed by atoms with Crippen LogP contribution in [-0.2, 0) is 19.9 Å². The van der Waals surface area contributed by atoms with E-state index >= 15 is 0 Å². The van der Waals surface area contributed by atoms with Gasteiger partial charge in [-0.2, -0.15) is 0 Å². The van der Waals surface area contributed by atoms with Gasteiger partial charge in [0, 0.05) is 35.8 Å². The van der Waals surface area contributed by atoms with Crippen molar-refractivity contribution in [3.05, 3.63) is 70.6 Å². The number of sulfone groups is 1. The standard InChI is InChI=1S/C19H19ClN2O5S2/c1-21(2)29(26,27)18-9-3-14(4-10-18)19(23)22(16-7-5-15(20)6-8-16)17-11-12-28(24,25)13-17/h3-12,17H,13H2,1-2H3/t17-/m0/s1. The number of hydrogen-bond donors (Lipinski definition) is 0. The first-order valence-corrected chi connectivity index (χ1v) is 12.1. The van der Waals surface area contributed by atoms with Gasteiger partial charge in [-0.05, 0) is 54.6 Å².